The van der Waals surface area contributed by atoms with Crippen LogP contribution in [0.5, 0.6) is 11.5 Å². The number of carbonyl (C=O) groups excluding carboxylic acids is 2. The van der Waals surface area contributed by atoms with Crippen LogP contribution in [0.25, 0.3) is 0 Å². The third kappa shape index (κ3) is 5.79. The van der Waals surface area contributed by atoms with Gasteiger partial charge < -0.3 is 25.4 Å². The summed E-state index contributed by atoms with van der Waals surface area (Å²) in [4.78, 5) is 26.9. The van der Waals surface area contributed by atoms with E-state index in [1.54, 1.807) is 44.6 Å². The topological polar surface area (TPSA) is 93.9 Å². The number of carbonyl (C=O) groups is 2. The third-order valence-electron chi connectivity index (χ3n) is 5.12. The Morgan fingerprint density at radius 3 is 2.27 bits per heavy atom. The lowest BCUT2D eigenvalue weighted by molar-refractivity contribution is -0.121. The molecule has 1 aliphatic heterocycles. The van der Waals surface area contributed by atoms with Gasteiger partial charge in [0.15, 0.2) is 11.5 Å². The fraction of sp³-hybridized carbons (Fsp3) is 0.364. The van der Waals surface area contributed by atoms with E-state index in [4.69, 9.17) is 15.2 Å². The number of nitrogens with zero attached hydrogens (tertiary/aromatic N) is 1. The summed E-state index contributed by atoms with van der Waals surface area (Å²) in [5.41, 5.74) is 7.84. The number of ether oxygens (including phenoxy) is 2. The smallest absolute Gasteiger partial charge is 0.253 e. The summed E-state index contributed by atoms with van der Waals surface area (Å²) in [5, 5.41) is 3.07. The second kappa shape index (κ2) is 10.7. The van der Waals surface area contributed by atoms with Crippen LogP contribution in [0.2, 0.25) is 0 Å². The lowest BCUT2D eigenvalue weighted by Crippen LogP contribution is -2.46. The summed E-state index contributed by atoms with van der Waals surface area (Å²) in [7, 11) is 3.11. The molecule has 30 heavy (non-hydrogen) atoms. The quantitative estimate of drug-likeness (QED) is 0.683. The fourth-order valence-electron chi connectivity index (χ4n) is 3.48. The zero-order chi connectivity index (χ0) is 20.8. The van der Waals surface area contributed by atoms with Crippen molar-refractivity contribution in [3.63, 3.8) is 0 Å². The average molecular weight is 434 g/mol. The number of benzene rings is 2. The maximum Gasteiger partial charge on any atom is 0.253 e. The number of nitrogens with two attached hydrogens (primary N) is 1. The maximum absolute atomic E-state index is 12.8. The van der Waals surface area contributed by atoms with E-state index >= 15 is 0 Å². The number of methoxy groups -OCH3 is 2. The number of amides is 2. The van der Waals surface area contributed by atoms with Crippen molar-refractivity contribution in [1.82, 2.24) is 10.2 Å². The largest absolute Gasteiger partial charge is 0.493 e. The van der Waals surface area contributed by atoms with Gasteiger partial charge in [-0.05, 0) is 48.7 Å². The number of anilines is 1. The highest BCUT2D eigenvalue weighted by Gasteiger charge is 2.25. The van der Waals surface area contributed by atoms with E-state index in [1.165, 1.54) is 0 Å². The van der Waals surface area contributed by atoms with Gasteiger partial charge in [0.2, 0.25) is 5.91 Å². The van der Waals surface area contributed by atoms with Gasteiger partial charge in [-0.2, -0.15) is 0 Å². The van der Waals surface area contributed by atoms with Crippen LogP contribution in [0.15, 0.2) is 42.5 Å². The van der Waals surface area contributed by atoms with Gasteiger partial charge >= 0.3 is 0 Å². The third-order valence-corrected chi connectivity index (χ3v) is 5.12. The van der Waals surface area contributed by atoms with Crippen molar-refractivity contribution in [3.8, 4) is 11.5 Å². The van der Waals surface area contributed by atoms with Crippen LogP contribution in [0.1, 0.15) is 28.8 Å². The van der Waals surface area contributed by atoms with Crippen molar-refractivity contribution in [2.75, 3.05) is 33.0 Å². The van der Waals surface area contributed by atoms with E-state index in [0.29, 0.717) is 42.3 Å². The van der Waals surface area contributed by atoms with Crippen LogP contribution in [0, 0.1) is 0 Å². The predicted molar refractivity (Wildman–Crippen MR) is 118 cm³/mol. The molecule has 0 aromatic heterocycles. The number of piperidine rings is 1. The summed E-state index contributed by atoms with van der Waals surface area (Å²) in [6.45, 7) is 1.19. The first-order valence-corrected chi connectivity index (χ1v) is 9.65. The lowest BCUT2D eigenvalue weighted by atomic mass is 10.0. The molecule has 7 nitrogen and oxygen atoms in total. The molecule has 1 aliphatic rings. The van der Waals surface area contributed by atoms with Crippen molar-refractivity contribution in [2.24, 2.45) is 0 Å². The van der Waals surface area contributed by atoms with Gasteiger partial charge in [-0.1, -0.05) is 12.1 Å². The highest BCUT2D eigenvalue weighted by atomic mass is 35.5. The number of nitrogens with one attached hydrogen (secondary N) is 1. The van der Waals surface area contributed by atoms with Crippen LogP contribution in [-0.2, 0) is 11.2 Å². The van der Waals surface area contributed by atoms with Crippen LogP contribution in [0.4, 0.5) is 5.69 Å². The van der Waals surface area contributed by atoms with Crippen LogP contribution >= 0.6 is 12.4 Å². The predicted octanol–water partition coefficient (Wildman–Crippen LogP) is 2.67. The molecule has 0 saturated carbocycles. The highest BCUT2D eigenvalue weighted by molar-refractivity contribution is 5.95. The number of hydrogen-bond donors (Lipinski definition) is 2. The number of rotatable bonds is 6. The molecular weight excluding hydrogens is 406 g/mol. The van der Waals surface area contributed by atoms with Gasteiger partial charge in [0, 0.05) is 30.4 Å². The SMILES string of the molecule is COc1ccc(C(=O)N2CCC(NC(=O)Cc3ccc(N)cc3)CC2)cc1OC.Cl. The molecule has 0 bridgehead atoms. The summed E-state index contributed by atoms with van der Waals surface area (Å²) >= 11 is 0. The maximum atomic E-state index is 12.8. The number of nitrogen functional groups attached to an aromatic ring is 1. The van der Waals surface area contributed by atoms with Crippen molar-refractivity contribution in [3.05, 3.63) is 53.6 Å². The minimum atomic E-state index is -0.0439. The molecule has 1 heterocycles. The second-order valence-corrected chi connectivity index (χ2v) is 7.12. The molecule has 3 N–H and O–H groups in total. The van der Waals surface area contributed by atoms with E-state index in [9.17, 15) is 9.59 Å². The van der Waals surface area contributed by atoms with Crippen molar-refractivity contribution in [2.45, 2.75) is 25.3 Å². The highest BCUT2D eigenvalue weighted by Crippen LogP contribution is 2.28. The van der Waals surface area contributed by atoms with Gasteiger partial charge in [-0.3, -0.25) is 9.59 Å². The summed E-state index contributed by atoms with van der Waals surface area (Å²) in [6, 6.07) is 12.5. The van der Waals surface area contributed by atoms with Gasteiger partial charge in [-0.25, -0.2) is 0 Å². The molecular formula is C22H28ClN3O4. The normalized spacial score (nSPS) is 13.9. The first-order valence-electron chi connectivity index (χ1n) is 9.65. The minimum absolute atomic E-state index is 0. The molecule has 0 spiro atoms. The molecule has 2 aromatic rings. The molecule has 0 radical (unpaired) electrons. The molecule has 1 saturated heterocycles. The van der Waals surface area contributed by atoms with E-state index < -0.39 is 0 Å². The molecule has 1 fully saturated rings. The Morgan fingerprint density at radius 1 is 1.03 bits per heavy atom. The Bertz CT molecular complexity index is 865. The van der Waals surface area contributed by atoms with Crippen molar-refractivity contribution < 1.29 is 19.1 Å². The Kier molecular flexibility index (Phi) is 8.35. The Morgan fingerprint density at radius 2 is 1.67 bits per heavy atom. The van der Waals surface area contributed by atoms with E-state index in [1.807, 2.05) is 17.0 Å². The average Bonchev–Trinajstić information content (AvgIpc) is 2.75. The van der Waals surface area contributed by atoms with Gasteiger partial charge in [0.25, 0.3) is 5.91 Å². The Labute approximate surface area is 182 Å². The zero-order valence-electron chi connectivity index (χ0n) is 17.2. The number of likely N-dealkylation sites (tertiary alicyclic amines) is 1. The Hall–Kier alpha value is -2.93. The first-order chi connectivity index (χ1) is 14.0. The monoisotopic (exact) mass is 433 g/mol. The molecule has 8 heteroatoms. The van der Waals surface area contributed by atoms with Gasteiger partial charge in [0.1, 0.15) is 0 Å². The summed E-state index contributed by atoms with van der Waals surface area (Å²) in [5.74, 6) is 1.06. The van der Waals surface area contributed by atoms with Gasteiger partial charge in [-0.15, -0.1) is 12.4 Å². The standard InChI is InChI=1S/C22H27N3O4.ClH/c1-28-19-8-5-16(14-20(19)29-2)22(27)25-11-9-18(10-12-25)24-21(26)13-15-3-6-17(23)7-4-15;/h3-8,14,18H,9-13,23H2,1-2H3,(H,24,26);1H. The van der Waals surface area contributed by atoms with E-state index in [2.05, 4.69) is 5.32 Å². The molecule has 2 amide bonds. The van der Waals surface area contributed by atoms with E-state index in [0.717, 1.165) is 18.4 Å². The molecule has 2 aromatic carbocycles. The number of halogens is 1. The van der Waals surface area contributed by atoms with Crippen LogP contribution in [-0.4, -0.2) is 50.1 Å². The van der Waals surface area contributed by atoms with Crippen LogP contribution < -0.4 is 20.5 Å². The summed E-state index contributed by atoms with van der Waals surface area (Å²) in [6.07, 6.45) is 1.78. The van der Waals surface area contributed by atoms with Crippen LogP contribution in [0.3, 0.4) is 0 Å². The molecule has 0 aliphatic carbocycles. The molecule has 0 unspecified atom stereocenters. The first kappa shape index (κ1) is 23.3. The minimum Gasteiger partial charge on any atom is -0.493 e. The summed E-state index contributed by atoms with van der Waals surface area (Å²) < 4.78 is 10.5. The second-order valence-electron chi connectivity index (χ2n) is 7.12. The van der Waals surface area contributed by atoms with Gasteiger partial charge in [0.05, 0.1) is 20.6 Å². The van der Waals surface area contributed by atoms with Crippen molar-refractivity contribution >= 4 is 29.9 Å². The molecule has 162 valence electrons. The Balaban J connectivity index is 0.00000320. The van der Waals surface area contributed by atoms with E-state index in [-0.39, 0.29) is 30.3 Å². The lowest BCUT2D eigenvalue weighted by Gasteiger charge is -2.32. The molecule has 0 atom stereocenters. The van der Waals surface area contributed by atoms with Crippen molar-refractivity contribution in [1.29, 1.82) is 0 Å². The number of hydrogen-bond acceptors (Lipinski definition) is 5. The zero-order valence-corrected chi connectivity index (χ0v) is 18.0. The fourth-order valence-corrected chi connectivity index (χ4v) is 3.48. The molecule has 3 rings (SSSR count).